The average molecular weight is 212 g/mol. The fourth-order valence-corrected chi connectivity index (χ4v) is 1.02. The average Bonchev–Trinajstić information content (AvgIpc) is 2.63. The summed E-state index contributed by atoms with van der Waals surface area (Å²) in [6, 6.07) is 0. The van der Waals surface area contributed by atoms with Crippen molar-refractivity contribution in [3.63, 3.8) is 0 Å². The minimum absolute atomic E-state index is 0.102. The van der Waals surface area contributed by atoms with Gasteiger partial charge in [0.2, 0.25) is 0 Å². The second-order valence-electron chi connectivity index (χ2n) is 3.38. The van der Waals surface area contributed by atoms with Gasteiger partial charge in [-0.2, -0.15) is 0 Å². The van der Waals surface area contributed by atoms with Crippen LogP contribution in [0.25, 0.3) is 0 Å². The maximum Gasteiger partial charge on any atom is 0.378 e. The van der Waals surface area contributed by atoms with Crippen molar-refractivity contribution in [2.45, 2.75) is 13.3 Å². The van der Waals surface area contributed by atoms with Crippen LogP contribution >= 0.6 is 0 Å². The number of rotatable bonds is 5. The third-order valence-electron chi connectivity index (χ3n) is 1.79. The number of likely N-dealkylation sites (N-methyl/N-ethyl adjacent to an activating group) is 1. The molecule has 1 rings (SSSR count). The quantitative estimate of drug-likeness (QED) is 0.700. The van der Waals surface area contributed by atoms with Crippen molar-refractivity contribution < 1.29 is 9.53 Å². The molecular formula is C9H16N4O2. The fraction of sp³-hybridized carbons (Fsp3) is 0.667. The summed E-state index contributed by atoms with van der Waals surface area (Å²) in [6.45, 7) is 2.94. The molecule has 0 spiro atoms. The standard InChI is InChI=1S/C9H16N4O2/c1-4-15-9(14)8-10-7(11-12-8)5-6-13(2)3/h4-6H2,1-3H3,(H,10,11,12). The zero-order valence-electron chi connectivity index (χ0n) is 9.28. The third-order valence-corrected chi connectivity index (χ3v) is 1.79. The Morgan fingerprint density at radius 3 is 2.87 bits per heavy atom. The van der Waals surface area contributed by atoms with Gasteiger partial charge in [-0.3, -0.25) is 5.10 Å². The Balaban J connectivity index is 2.52. The molecule has 0 saturated carbocycles. The zero-order valence-corrected chi connectivity index (χ0v) is 9.28. The van der Waals surface area contributed by atoms with Gasteiger partial charge in [-0.05, 0) is 21.0 Å². The first-order chi connectivity index (χ1) is 7.13. The number of aromatic amines is 1. The first-order valence-corrected chi connectivity index (χ1v) is 4.86. The molecule has 0 bridgehead atoms. The minimum Gasteiger partial charge on any atom is -0.460 e. The molecule has 0 aliphatic rings. The maximum atomic E-state index is 11.2. The maximum absolute atomic E-state index is 11.2. The lowest BCUT2D eigenvalue weighted by molar-refractivity contribution is 0.0512. The summed E-state index contributed by atoms with van der Waals surface area (Å²) in [7, 11) is 3.95. The van der Waals surface area contributed by atoms with Gasteiger partial charge in [0.15, 0.2) is 0 Å². The minimum atomic E-state index is -0.482. The third kappa shape index (κ3) is 3.67. The molecule has 15 heavy (non-hydrogen) atoms. The smallest absolute Gasteiger partial charge is 0.378 e. The van der Waals surface area contributed by atoms with E-state index in [1.807, 2.05) is 19.0 Å². The van der Waals surface area contributed by atoms with E-state index in [1.54, 1.807) is 6.92 Å². The van der Waals surface area contributed by atoms with Gasteiger partial charge >= 0.3 is 5.97 Å². The zero-order chi connectivity index (χ0) is 11.3. The highest BCUT2D eigenvalue weighted by molar-refractivity contribution is 5.84. The van der Waals surface area contributed by atoms with Crippen molar-refractivity contribution in [3.05, 3.63) is 11.6 Å². The van der Waals surface area contributed by atoms with E-state index in [-0.39, 0.29) is 5.82 Å². The predicted octanol–water partition coefficient (Wildman–Crippen LogP) is 0.0855. The second-order valence-corrected chi connectivity index (χ2v) is 3.38. The van der Waals surface area contributed by atoms with E-state index >= 15 is 0 Å². The monoisotopic (exact) mass is 212 g/mol. The Hall–Kier alpha value is -1.43. The van der Waals surface area contributed by atoms with Crippen LogP contribution in [0.5, 0.6) is 0 Å². The molecule has 0 fully saturated rings. The van der Waals surface area contributed by atoms with E-state index in [4.69, 9.17) is 4.74 Å². The highest BCUT2D eigenvalue weighted by Crippen LogP contribution is 1.97. The summed E-state index contributed by atoms with van der Waals surface area (Å²) >= 11 is 0. The van der Waals surface area contributed by atoms with Crippen molar-refractivity contribution in [1.82, 2.24) is 20.1 Å². The number of nitrogens with one attached hydrogen (secondary N) is 1. The first kappa shape index (κ1) is 11.6. The molecule has 0 aliphatic heterocycles. The molecule has 0 saturated heterocycles. The number of ether oxygens (including phenoxy) is 1. The first-order valence-electron chi connectivity index (χ1n) is 4.86. The molecule has 6 heteroatoms. The van der Waals surface area contributed by atoms with Gasteiger partial charge in [-0.1, -0.05) is 0 Å². The van der Waals surface area contributed by atoms with Crippen LogP contribution in [-0.4, -0.2) is 53.3 Å². The Morgan fingerprint density at radius 1 is 1.53 bits per heavy atom. The van der Waals surface area contributed by atoms with E-state index in [2.05, 4.69) is 15.2 Å². The molecule has 0 atom stereocenters. The van der Waals surface area contributed by atoms with Gasteiger partial charge < -0.3 is 9.64 Å². The van der Waals surface area contributed by atoms with Crippen LogP contribution in [-0.2, 0) is 11.2 Å². The predicted molar refractivity (Wildman–Crippen MR) is 54.6 cm³/mol. The Labute approximate surface area is 88.6 Å². The van der Waals surface area contributed by atoms with Crippen LogP contribution < -0.4 is 0 Å². The van der Waals surface area contributed by atoms with Crippen LogP contribution in [0, 0.1) is 0 Å². The molecule has 1 heterocycles. The Morgan fingerprint density at radius 2 is 2.27 bits per heavy atom. The van der Waals surface area contributed by atoms with E-state index in [9.17, 15) is 4.79 Å². The summed E-state index contributed by atoms with van der Waals surface area (Å²) in [5.74, 6) is 0.321. The highest BCUT2D eigenvalue weighted by atomic mass is 16.5. The van der Waals surface area contributed by atoms with Crippen molar-refractivity contribution >= 4 is 5.97 Å². The van der Waals surface area contributed by atoms with Gasteiger partial charge in [-0.15, -0.1) is 5.10 Å². The van der Waals surface area contributed by atoms with Crippen molar-refractivity contribution in [1.29, 1.82) is 0 Å². The van der Waals surface area contributed by atoms with E-state index in [1.165, 1.54) is 0 Å². The number of H-pyrrole nitrogens is 1. The molecule has 0 radical (unpaired) electrons. The fourth-order valence-electron chi connectivity index (χ4n) is 1.02. The number of nitrogens with zero attached hydrogens (tertiary/aromatic N) is 3. The summed E-state index contributed by atoms with van der Waals surface area (Å²) in [4.78, 5) is 17.3. The van der Waals surface area contributed by atoms with Crippen molar-refractivity contribution in [2.75, 3.05) is 27.2 Å². The molecule has 0 unspecified atom stereocenters. The Kier molecular flexibility index (Phi) is 4.23. The second kappa shape index (κ2) is 5.45. The molecule has 0 aliphatic carbocycles. The molecular weight excluding hydrogens is 196 g/mol. The van der Waals surface area contributed by atoms with Crippen LogP contribution in [0.4, 0.5) is 0 Å². The number of carbonyl (C=O) groups is 1. The number of carbonyl (C=O) groups excluding carboxylic acids is 1. The molecule has 1 aromatic rings. The normalized spacial score (nSPS) is 10.7. The number of hydrogen-bond donors (Lipinski definition) is 1. The summed E-state index contributed by atoms with van der Waals surface area (Å²) in [5.41, 5.74) is 0. The van der Waals surface area contributed by atoms with Gasteiger partial charge in [-0.25, -0.2) is 9.78 Å². The van der Waals surface area contributed by atoms with E-state index in [0.717, 1.165) is 13.0 Å². The molecule has 1 aromatic heterocycles. The highest BCUT2D eigenvalue weighted by Gasteiger charge is 2.12. The summed E-state index contributed by atoms with van der Waals surface area (Å²) in [6.07, 6.45) is 0.736. The van der Waals surface area contributed by atoms with Crippen molar-refractivity contribution in [3.8, 4) is 0 Å². The van der Waals surface area contributed by atoms with Crippen LogP contribution in [0.1, 0.15) is 23.4 Å². The van der Waals surface area contributed by atoms with E-state index in [0.29, 0.717) is 12.4 Å². The van der Waals surface area contributed by atoms with Gasteiger partial charge in [0.05, 0.1) is 6.61 Å². The van der Waals surface area contributed by atoms with Crippen LogP contribution in [0.15, 0.2) is 0 Å². The van der Waals surface area contributed by atoms with Crippen LogP contribution in [0.2, 0.25) is 0 Å². The lowest BCUT2D eigenvalue weighted by Gasteiger charge is -2.06. The number of hydrogen-bond acceptors (Lipinski definition) is 5. The molecule has 0 aromatic carbocycles. The number of esters is 1. The summed E-state index contributed by atoms with van der Waals surface area (Å²) < 4.78 is 4.77. The summed E-state index contributed by atoms with van der Waals surface area (Å²) in [5, 5.41) is 6.50. The molecule has 6 nitrogen and oxygen atoms in total. The largest absolute Gasteiger partial charge is 0.460 e. The molecule has 84 valence electrons. The molecule has 1 N–H and O–H groups in total. The van der Waals surface area contributed by atoms with Gasteiger partial charge in [0, 0.05) is 13.0 Å². The lowest BCUT2D eigenvalue weighted by Crippen LogP contribution is -2.15. The topological polar surface area (TPSA) is 71.1 Å². The number of aromatic nitrogens is 3. The van der Waals surface area contributed by atoms with Crippen LogP contribution in [0.3, 0.4) is 0 Å². The van der Waals surface area contributed by atoms with Gasteiger partial charge in [0.25, 0.3) is 5.82 Å². The SMILES string of the molecule is CCOC(=O)c1n[nH]c(CCN(C)C)n1. The van der Waals surface area contributed by atoms with E-state index < -0.39 is 5.97 Å². The Bertz CT molecular complexity index is 322. The van der Waals surface area contributed by atoms with Crippen molar-refractivity contribution in [2.24, 2.45) is 0 Å². The molecule has 0 amide bonds. The lowest BCUT2D eigenvalue weighted by atomic mass is 10.4. The van der Waals surface area contributed by atoms with Gasteiger partial charge in [0.1, 0.15) is 5.82 Å².